The first-order valence-electron chi connectivity index (χ1n) is 5.51. The Kier molecular flexibility index (Phi) is 3.15. The van der Waals surface area contributed by atoms with E-state index < -0.39 is 34.2 Å². The molecule has 1 heterocycles. The summed E-state index contributed by atoms with van der Waals surface area (Å²) >= 11 is 0. The highest BCUT2D eigenvalue weighted by Crippen LogP contribution is 2.27. The van der Waals surface area contributed by atoms with Gasteiger partial charge in [-0.15, -0.1) is 0 Å². The zero-order valence-corrected chi connectivity index (χ0v) is 10.2. The van der Waals surface area contributed by atoms with E-state index in [1.54, 1.807) is 0 Å². The molecule has 0 bridgehead atoms. The highest BCUT2D eigenvalue weighted by atomic mass is 16.6. The molecular formula is C12H8N2O6. The first kappa shape index (κ1) is 13.5. The number of nitrogens with zero attached hydrogens (tertiary/aromatic N) is 2. The number of ketones is 2. The predicted octanol–water partition coefficient (Wildman–Crippen LogP) is 0.242. The highest BCUT2D eigenvalue weighted by Gasteiger charge is 2.50. The van der Waals surface area contributed by atoms with Crippen LogP contribution in [0.4, 0.5) is 11.4 Å². The van der Waals surface area contributed by atoms with Gasteiger partial charge in [-0.25, -0.2) is 4.90 Å². The number of imide groups is 1. The summed E-state index contributed by atoms with van der Waals surface area (Å²) in [5.74, 6) is -5.64. The van der Waals surface area contributed by atoms with Crippen molar-refractivity contribution in [3.05, 3.63) is 34.4 Å². The Morgan fingerprint density at radius 3 is 2.45 bits per heavy atom. The van der Waals surface area contributed by atoms with Gasteiger partial charge >= 0.3 is 5.91 Å². The van der Waals surface area contributed by atoms with E-state index in [2.05, 4.69) is 0 Å². The maximum Gasteiger partial charge on any atom is 0.302 e. The zero-order valence-electron chi connectivity index (χ0n) is 10.2. The second-order valence-corrected chi connectivity index (χ2v) is 4.16. The number of hydrogen-bond donors (Lipinski definition) is 0. The van der Waals surface area contributed by atoms with E-state index in [-0.39, 0.29) is 11.4 Å². The molecule has 1 atom stereocenters. The molecule has 8 heteroatoms. The van der Waals surface area contributed by atoms with E-state index in [1.165, 1.54) is 18.2 Å². The molecule has 1 fully saturated rings. The average molecular weight is 276 g/mol. The van der Waals surface area contributed by atoms with Gasteiger partial charge in [0, 0.05) is 12.1 Å². The fourth-order valence-electron chi connectivity index (χ4n) is 1.92. The summed E-state index contributed by atoms with van der Waals surface area (Å²) in [4.78, 5) is 57.0. The van der Waals surface area contributed by atoms with Crippen molar-refractivity contribution in [2.75, 3.05) is 4.90 Å². The van der Waals surface area contributed by atoms with Gasteiger partial charge in [0.1, 0.15) is 5.78 Å². The summed E-state index contributed by atoms with van der Waals surface area (Å²) in [6.07, 6.45) is 0. The quantitative estimate of drug-likeness (QED) is 0.257. The monoisotopic (exact) mass is 276 g/mol. The van der Waals surface area contributed by atoms with E-state index in [4.69, 9.17) is 0 Å². The number of nitro benzene ring substituents is 1. The lowest BCUT2D eigenvalue weighted by atomic mass is 10.0. The SMILES string of the molecule is CC(=O)[C@@H]1C(=O)C(=O)N(c2cccc([N+](=O)[O-])c2)C1=O. The molecule has 1 aliphatic heterocycles. The van der Waals surface area contributed by atoms with Gasteiger partial charge in [-0.05, 0) is 13.0 Å². The molecule has 1 saturated heterocycles. The lowest BCUT2D eigenvalue weighted by Gasteiger charge is -2.12. The number of nitro groups is 1. The van der Waals surface area contributed by atoms with Gasteiger partial charge < -0.3 is 0 Å². The Hall–Kier alpha value is -2.90. The molecule has 0 saturated carbocycles. The summed E-state index contributed by atoms with van der Waals surface area (Å²) < 4.78 is 0. The van der Waals surface area contributed by atoms with Crippen molar-refractivity contribution < 1.29 is 24.1 Å². The van der Waals surface area contributed by atoms with Gasteiger partial charge in [0.15, 0.2) is 5.92 Å². The van der Waals surface area contributed by atoms with Crippen LogP contribution in [0.2, 0.25) is 0 Å². The molecule has 0 aromatic heterocycles. The van der Waals surface area contributed by atoms with Crippen molar-refractivity contribution >= 4 is 34.8 Å². The third-order valence-electron chi connectivity index (χ3n) is 2.85. The summed E-state index contributed by atoms with van der Waals surface area (Å²) in [5, 5.41) is 10.7. The molecule has 0 spiro atoms. The number of carbonyl (C=O) groups is 4. The topological polar surface area (TPSA) is 115 Å². The Balaban J connectivity index is 2.48. The van der Waals surface area contributed by atoms with Crippen LogP contribution in [0.1, 0.15) is 6.92 Å². The minimum Gasteiger partial charge on any atom is -0.299 e. The lowest BCUT2D eigenvalue weighted by molar-refractivity contribution is -0.384. The van der Waals surface area contributed by atoms with Crippen molar-refractivity contribution in [1.82, 2.24) is 0 Å². The second-order valence-electron chi connectivity index (χ2n) is 4.16. The summed E-state index contributed by atoms with van der Waals surface area (Å²) in [6.45, 7) is 1.03. The minimum absolute atomic E-state index is 0.105. The van der Waals surface area contributed by atoms with Gasteiger partial charge in [-0.1, -0.05) is 6.07 Å². The van der Waals surface area contributed by atoms with E-state index in [0.29, 0.717) is 4.90 Å². The van der Waals surface area contributed by atoms with Crippen LogP contribution in [0.5, 0.6) is 0 Å². The number of carbonyl (C=O) groups excluding carboxylic acids is 4. The number of Topliss-reactive ketones (excluding diaryl/α,β-unsaturated/α-hetero) is 2. The third-order valence-corrected chi connectivity index (χ3v) is 2.85. The van der Waals surface area contributed by atoms with Crippen molar-refractivity contribution in [1.29, 1.82) is 0 Å². The highest BCUT2D eigenvalue weighted by molar-refractivity contribution is 6.59. The van der Waals surface area contributed by atoms with Crippen LogP contribution in [-0.2, 0) is 19.2 Å². The van der Waals surface area contributed by atoms with Crippen LogP contribution in [0.15, 0.2) is 24.3 Å². The summed E-state index contributed by atoms with van der Waals surface area (Å²) in [7, 11) is 0. The second kappa shape index (κ2) is 4.65. The Morgan fingerprint density at radius 1 is 1.30 bits per heavy atom. The standard InChI is InChI=1S/C12H8N2O6/c1-6(15)9-10(16)12(18)13(11(9)17)7-3-2-4-8(5-7)14(19)20/h2-5,9H,1H3/t9-/m1/s1. The average Bonchev–Trinajstić information content (AvgIpc) is 2.60. The number of amides is 2. The lowest BCUT2D eigenvalue weighted by Crippen LogP contribution is -2.31. The van der Waals surface area contributed by atoms with E-state index in [0.717, 1.165) is 13.0 Å². The van der Waals surface area contributed by atoms with Crippen molar-refractivity contribution in [2.45, 2.75) is 6.92 Å². The molecule has 2 rings (SSSR count). The number of anilines is 1. The molecule has 0 unspecified atom stereocenters. The van der Waals surface area contributed by atoms with Gasteiger partial charge in [0.2, 0.25) is 5.78 Å². The number of rotatable bonds is 3. The van der Waals surface area contributed by atoms with Crippen molar-refractivity contribution in [3.8, 4) is 0 Å². The summed E-state index contributed by atoms with van der Waals surface area (Å²) in [5.41, 5.74) is -0.437. The van der Waals surface area contributed by atoms with Crippen LogP contribution in [0.25, 0.3) is 0 Å². The number of benzene rings is 1. The fourth-order valence-corrected chi connectivity index (χ4v) is 1.92. The van der Waals surface area contributed by atoms with Crippen LogP contribution in [-0.4, -0.2) is 28.3 Å². The molecule has 0 radical (unpaired) electrons. The molecule has 8 nitrogen and oxygen atoms in total. The molecule has 20 heavy (non-hydrogen) atoms. The Morgan fingerprint density at radius 2 is 1.95 bits per heavy atom. The molecule has 0 aliphatic carbocycles. The van der Waals surface area contributed by atoms with Gasteiger partial charge in [0.25, 0.3) is 11.6 Å². The molecule has 1 aromatic rings. The van der Waals surface area contributed by atoms with Crippen LogP contribution >= 0.6 is 0 Å². The van der Waals surface area contributed by atoms with Crippen LogP contribution in [0, 0.1) is 16.0 Å². The van der Waals surface area contributed by atoms with Gasteiger partial charge in [-0.3, -0.25) is 29.3 Å². The normalized spacial score (nSPS) is 18.6. The minimum atomic E-state index is -1.65. The maximum atomic E-state index is 11.9. The fraction of sp³-hybridized carbons (Fsp3) is 0.167. The van der Waals surface area contributed by atoms with E-state index >= 15 is 0 Å². The smallest absolute Gasteiger partial charge is 0.299 e. The number of non-ortho nitro benzene ring substituents is 1. The van der Waals surface area contributed by atoms with Gasteiger partial charge in [-0.2, -0.15) is 0 Å². The maximum absolute atomic E-state index is 11.9. The molecule has 1 aliphatic rings. The van der Waals surface area contributed by atoms with E-state index in [1.807, 2.05) is 0 Å². The van der Waals surface area contributed by atoms with Crippen molar-refractivity contribution in [2.24, 2.45) is 5.92 Å². The van der Waals surface area contributed by atoms with Crippen molar-refractivity contribution in [3.63, 3.8) is 0 Å². The Bertz CT molecular complexity index is 666. The predicted molar refractivity (Wildman–Crippen MR) is 64.8 cm³/mol. The largest absolute Gasteiger partial charge is 0.302 e. The van der Waals surface area contributed by atoms with Crippen LogP contribution in [0.3, 0.4) is 0 Å². The molecule has 1 aromatic carbocycles. The molecule has 0 N–H and O–H groups in total. The zero-order chi connectivity index (χ0) is 15.0. The van der Waals surface area contributed by atoms with E-state index in [9.17, 15) is 29.3 Å². The Labute approximate surface area is 112 Å². The van der Waals surface area contributed by atoms with Crippen LogP contribution < -0.4 is 4.90 Å². The molecule has 2 amide bonds. The number of hydrogen-bond acceptors (Lipinski definition) is 6. The molecule has 102 valence electrons. The first-order valence-corrected chi connectivity index (χ1v) is 5.51. The molecular weight excluding hydrogens is 268 g/mol. The first-order chi connectivity index (χ1) is 9.34. The third kappa shape index (κ3) is 1.96. The van der Waals surface area contributed by atoms with Gasteiger partial charge in [0.05, 0.1) is 10.6 Å². The summed E-state index contributed by atoms with van der Waals surface area (Å²) in [6, 6.07) is 4.72.